The molecular formula is C4H13N4O2-. The Balaban J connectivity index is 3.73. The van der Waals surface area contributed by atoms with Crippen LogP contribution in [0.5, 0.6) is 0 Å². The van der Waals surface area contributed by atoms with Crippen LogP contribution >= 0.6 is 0 Å². The zero-order chi connectivity index (χ0) is 8.36. The van der Waals surface area contributed by atoms with Gasteiger partial charge in [0.25, 0.3) is 0 Å². The highest BCUT2D eigenvalue weighted by molar-refractivity contribution is 4.61. The lowest BCUT2D eigenvalue weighted by molar-refractivity contribution is -0.331. The fraction of sp³-hybridized carbons (Fsp3) is 1.00. The van der Waals surface area contributed by atoms with Crippen LogP contribution in [0.3, 0.4) is 0 Å². The molecule has 0 spiro atoms. The third-order valence-corrected chi connectivity index (χ3v) is 0.771. The molecule has 62 valence electrons. The summed E-state index contributed by atoms with van der Waals surface area (Å²) >= 11 is 0. The van der Waals surface area contributed by atoms with Crippen molar-refractivity contribution >= 4 is 0 Å². The molecule has 0 aromatic rings. The van der Waals surface area contributed by atoms with E-state index in [4.69, 9.17) is 11.6 Å². The van der Waals surface area contributed by atoms with Crippen LogP contribution in [0.4, 0.5) is 0 Å². The predicted molar refractivity (Wildman–Crippen MR) is 36.5 cm³/mol. The van der Waals surface area contributed by atoms with Gasteiger partial charge in [0.15, 0.2) is 0 Å². The number of hydrazine groups is 1. The van der Waals surface area contributed by atoms with Gasteiger partial charge in [0, 0.05) is 7.05 Å². The zero-order valence-electron chi connectivity index (χ0n) is 6.37. The Kier molecular flexibility index (Phi) is 3.16. The Labute approximate surface area is 59.8 Å². The number of hydrogen-bond donors (Lipinski definition) is 2. The molecule has 0 aliphatic rings. The lowest BCUT2D eigenvalue weighted by Crippen LogP contribution is -2.56. The average molecular weight is 149 g/mol. The minimum atomic E-state index is -0.862. The van der Waals surface area contributed by atoms with E-state index >= 15 is 0 Å². The van der Waals surface area contributed by atoms with E-state index in [2.05, 4.69) is 4.94 Å². The van der Waals surface area contributed by atoms with Crippen molar-refractivity contribution in [3.05, 3.63) is 5.21 Å². The molecule has 0 radical (unpaired) electrons. The van der Waals surface area contributed by atoms with Gasteiger partial charge in [0.2, 0.25) is 0 Å². The maximum absolute atomic E-state index is 10.2. The van der Waals surface area contributed by atoms with E-state index in [1.165, 1.54) is 7.05 Å². The fourth-order valence-electron chi connectivity index (χ4n) is 0.229. The molecule has 0 fully saturated rings. The van der Waals surface area contributed by atoms with E-state index < -0.39 is 5.66 Å². The molecule has 0 aliphatic carbocycles. The Morgan fingerprint density at radius 3 is 2.00 bits per heavy atom. The van der Waals surface area contributed by atoms with Crippen LogP contribution in [0, 0.1) is 5.21 Å². The second kappa shape index (κ2) is 3.24. The molecule has 0 aliphatic heterocycles. The van der Waals surface area contributed by atoms with Gasteiger partial charge < -0.3 is 10.9 Å². The molecule has 0 amide bonds. The molecule has 0 unspecified atom stereocenters. The van der Waals surface area contributed by atoms with Crippen molar-refractivity contribution in [3.63, 3.8) is 0 Å². The van der Waals surface area contributed by atoms with Crippen LogP contribution in [-0.2, 0) is 4.94 Å². The van der Waals surface area contributed by atoms with Gasteiger partial charge in [-0.2, -0.15) is 0 Å². The summed E-state index contributed by atoms with van der Waals surface area (Å²) in [5, 5.41) is 11.2. The molecule has 0 aromatic heterocycles. The zero-order valence-corrected chi connectivity index (χ0v) is 6.37. The first-order chi connectivity index (χ1) is 4.34. The summed E-state index contributed by atoms with van der Waals surface area (Å²) in [6.07, 6.45) is 0. The predicted octanol–water partition coefficient (Wildman–Crippen LogP) is -0.867. The normalized spacial score (nSPS) is 13.2. The summed E-state index contributed by atoms with van der Waals surface area (Å²) in [6.45, 7) is 3.22. The maximum atomic E-state index is 10.2. The summed E-state index contributed by atoms with van der Waals surface area (Å²) in [5.74, 6) is 5.20. The Morgan fingerprint density at radius 2 is 1.90 bits per heavy atom. The van der Waals surface area contributed by atoms with E-state index in [0.29, 0.717) is 0 Å². The SMILES string of the molecule is CN([O-])ON(N)C(C)(C)N. The van der Waals surface area contributed by atoms with Crippen LogP contribution in [0.25, 0.3) is 0 Å². The number of nitrogens with zero attached hydrogens (tertiary/aromatic N) is 2. The highest BCUT2D eigenvalue weighted by atomic mass is 17.0. The van der Waals surface area contributed by atoms with E-state index in [0.717, 1.165) is 5.17 Å². The highest BCUT2D eigenvalue weighted by Crippen LogP contribution is 2.01. The van der Waals surface area contributed by atoms with Crippen molar-refractivity contribution < 1.29 is 4.94 Å². The molecule has 6 nitrogen and oxygen atoms in total. The molecular weight excluding hydrogens is 136 g/mol. The topological polar surface area (TPSA) is 90.8 Å². The van der Waals surface area contributed by atoms with Crippen LogP contribution in [0.15, 0.2) is 0 Å². The van der Waals surface area contributed by atoms with Crippen LogP contribution in [-0.4, -0.2) is 23.1 Å². The molecule has 0 bridgehead atoms. The first-order valence-corrected chi connectivity index (χ1v) is 2.77. The van der Waals surface area contributed by atoms with Crippen LogP contribution < -0.4 is 11.6 Å². The monoisotopic (exact) mass is 149 g/mol. The third kappa shape index (κ3) is 3.72. The molecule has 0 saturated heterocycles. The maximum Gasteiger partial charge on any atom is 0.105 e. The van der Waals surface area contributed by atoms with Gasteiger partial charge in [-0.15, -0.1) is 0 Å². The van der Waals surface area contributed by atoms with Crippen LogP contribution in [0.1, 0.15) is 13.8 Å². The summed E-state index contributed by atoms with van der Waals surface area (Å²) < 4.78 is 0. The number of hydroxylamine groups is 3. The standard InChI is InChI=1S/C4H13N4O2/c1-4(2,5)8(6)10-7(3)9/h5-6H2,1-3H3/q-1. The van der Waals surface area contributed by atoms with E-state index in [1.54, 1.807) is 13.8 Å². The van der Waals surface area contributed by atoms with E-state index in [9.17, 15) is 5.21 Å². The lowest BCUT2D eigenvalue weighted by atomic mass is 10.3. The molecule has 0 saturated carbocycles. The fourth-order valence-corrected chi connectivity index (χ4v) is 0.229. The van der Waals surface area contributed by atoms with Gasteiger partial charge >= 0.3 is 0 Å². The Bertz CT molecular complexity index is 99.9. The molecule has 0 aromatic carbocycles. The molecule has 10 heavy (non-hydrogen) atoms. The third-order valence-electron chi connectivity index (χ3n) is 0.771. The van der Waals surface area contributed by atoms with Gasteiger partial charge in [-0.25, -0.2) is 16.0 Å². The minimum absolute atomic E-state index is 0.217. The summed E-state index contributed by atoms with van der Waals surface area (Å²) in [5.41, 5.74) is 4.58. The summed E-state index contributed by atoms with van der Waals surface area (Å²) in [6, 6.07) is 0. The molecule has 0 heterocycles. The summed E-state index contributed by atoms with van der Waals surface area (Å²) in [7, 11) is 1.17. The lowest BCUT2D eigenvalue weighted by Gasteiger charge is -2.34. The van der Waals surface area contributed by atoms with E-state index in [1.807, 2.05) is 0 Å². The molecule has 0 rings (SSSR count). The number of hydrogen-bond acceptors (Lipinski definition) is 6. The average Bonchev–Trinajstić information content (AvgIpc) is 1.60. The number of nitrogens with two attached hydrogens (primary N) is 2. The smallest absolute Gasteiger partial charge is 0.105 e. The van der Waals surface area contributed by atoms with Crippen molar-refractivity contribution in [3.8, 4) is 0 Å². The molecule has 6 heteroatoms. The highest BCUT2D eigenvalue weighted by Gasteiger charge is 2.19. The summed E-state index contributed by atoms with van der Waals surface area (Å²) in [4.78, 5) is 4.38. The van der Waals surface area contributed by atoms with Crippen molar-refractivity contribution in [2.75, 3.05) is 7.05 Å². The Hall–Kier alpha value is -0.240. The van der Waals surface area contributed by atoms with Gasteiger partial charge in [-0.05, 0) is 13.8 Å². The van der Waals surface area contributed by atoms with Gasteiger partial charge in [0.05, 0.1) is 0 Å². The van der Waals surface area contributed by atoms with E-state index in [-0.39, 0.29) is 5.23 Å². The quantitative estimate of drug-likeness (QED) is 0.308. The van der Waals surface area contributed by atoms with Crippen molar-refractivity contribution in [2.45, 2.75) is 19.5 Å². The number of rotatable bonds is 3. The van der Waals surface area contributed by atoms with Crippen LogP contribution in [0.2, 0.25) is 0 Å². The van der Waals surface area contributed by atoms with Crippen molar-refractivity contribution in [1.82, 2.24) is 10.4 Å². The first-order valence-electron chi connectivity index (χ1n) is 2.77. The second-order valence-corrected chi connectivity index (χ2v) is 2.50. The van der Waals surface area contributed by atoms with Crippen molar-refractivity contribution in [2.24, 2.45) is 11.6 Å². The van der Waals surface area contributed by atoms with Gasteiger partial charge in [0.1, 0.15) is 5.66 Å². The first kappa shape index (κ1) is 9.76. The molecule has 4 N–H and O–H groups in total. The second-order valence-electron chi connectivity index (χ2n) is 2.50. The minimum Gasteiger partial charge on any atom is -0.761 e. The van der Waals surface area contributed by atoms with Gasteiger partial charge in [-0.1, -0.05) is 5.17 Å². The largest absolute Gasteiger partial charge is 0.761 e. The van der Waals surface area contributed by atoms with Crippen molar-refractivity contribution in [1.29, 1.82) is 0 Å². The van der Waals surface area contributed by atoms with Gasteiger partial charge in [-0.3, -0.25) is 0 Å². The Morgan fingerprint density at radius 1 is 1.50 bits per heavy atom. The molecule has 0 atom stereocenters.